The van der Waals surface area contributed by atoms with E-state index < -0.39 is 6.10 Å². The highest BCUT2D eigenvalue weighted by atomic mass is 16.5. The molecule has 0 heterocycles. The Morgan fingerprint density at radius 3 is 2.70 bits per heavy atom. The molecule has 0 fully saturated rings. The predicted octanol–water partition coefficient (Wildman–Crippen LogP) is 4.07. The van der Waals surface area contributed by atoms with E-state index in [2.05, 4.69) is 6.58 Å². The zero-order valence-electron chi connectivity index (χ0n) is 13.8. The van der Waals surface area contributed by atoms with Crippen LogP contribution >= 0.6 is 0 Å². The average molecular weight is 310 g/mol. The number of fused-ring (bicyclic) bond motifs is 1. The van der Waals surface area contributed by atoms with Crippen molar-refractivity contribution >= 4 is 5.97 Å². The van der Waals surface area contributed by atoms with E-state index in [1.807, 2.05) is 32.1 Å². The number of allylic oxidation sites excluding steroid dienone is 5. The van der Waals surface area contributed by atoms with E-state index in [1.54, 1.807) is 24.3 Å². The van der Waals surface area contributed by atoms with E-state index in [9.17, 15) is 9.90 Å². The smallest absolute Gasteiger partial charge is 0.337 e. The van der Waals surface area contributed by atoms with Crippen LogP contribution in [0.1, 0.15) is 41.4 Å². The molecule has 0 spiro atoms. The van der Waals surface area contributed by atoms with Crippen molar-refractivity contribution in [3.8, 4) is 0 Å². The molecule has 0 amide bonds. The molecule has 2 rings (SSSR count). The van der Waals surface area contributed by atoms with E-state index in [1.165, 1.54) is 7.11 Å². The highest BCUT2D eigenvalue weighted by molar-refractivity contribution is 5.89. The second-order valence-corrected chi connectivity index (χ2v) is 5.37. The second kappa shape index (κ2) is 7.25. The van der Waals surface area contributed by atoms with Crippen molar-refractivity contribution < 1.29 is 14.6 Å². The molecule has 3 heteroatoms. The molecule has 1 aromatic rings. The molecule has 1 aromatic carbocycles. The molecule has 1 unspecified atom stereocenters. The van der Waals surface area contributed by atoms with Gasteiger partial charge in [-0.3, -0.25) is 0 Å². The standard InChI is InChI=1S/C20H22O3/c1-5-8-13(6-2)18-14(7-3)11-16-12-15(20(22)23-4)9-10-17(16)19(18)21/h5-10,12,19,21H,3,11H2,1-2,4H3/b8-5-,13-6+. The maximum absolute atomic E-state index is 11.7. The van der Waals surface area contributed by atoms with Gasteiger partial charge >= 0.3 is 5.97 Å². The summed E-state index contributed by atoms with van der Waals surface area (Å²) < 4.78 is 4.76. The third-order valence-corrected chi connectivity index (χ3v) is 4.07. The number of aliphatic hydroxyl groups excluding tert-OH is 1. The van der Waals surface area contributed by atoms with Crippen molar-refractivity contribution in [1.29, 1.82) is 0 Å². The van der Waals surface area contributed by atoms with Crippen LogP contribution in [0.3, 0.4) is 0 Å². The molecule has 0 bridgehead atoms. The Morgan fingerprint density at radius 2 is 2.13 bits per heavy atom. The van der Waals surface area contributed by atoms with Crippen LogP contribution in [0, 0.1) is 0 Å². The Kier molecular flexibility index (Phi) is 5.35. The largest absolute Gasteiger partial charge is 0.465 e. The summed E-state index contributed by atoms with van der Waals surface area (Å²) in [6.45, 7) is 7.78. The van der Waals surface area contributed by atoms with Crippen molar-refractivity contribution in [2.24, 2.45) is 0 Å². The minimum atomic E-state index is -0.735. The van der Waals surface area contributed by atoms with Gasteiger partial charge in [0.15, 0.2) is 0 Å². The molecule has 0 radical (unpaired) electrons. The van der Waals surface area contributed by atoms with E-state index in [-0.39, 0.29) is 5.97 Å². The van der Waals surface area contributed by atoms with Crippen LogP contribution in [0.25, 0.3) is 0 Å². The number of methoxy groups -OCH3 is 1. The molecule has 1 aliphatic carbocycles. The Balaban J connectivity index is 2.55. The van der Waals surface area contributed by atoms with Gasteiger partial charge in [0.1, 0.15) is 6.10 Å². The number of carbonyl (C=O) groups is 1. The number of hydrogen-bond donors (Lipinski definition) is 1. The molecule has 23 heavy (non-hydrogen) atoms. The van der Waals surface area contributed by atoms with Crippen LogP contribution in [0.15, 0.2) is 65.8 Å². The summed E-state index contributed by atoms with van der Waals surface area (Å²) in [5, 5.41) is 10.8. The van der Waals surface area contributed by atoms with Crippen LogP contribution in [0.5, 0.6) is 0 Å². The van der Waals surface area contributed by atoms with Gasteiger partial charge in [0.05, 0.1) is 12.7 Å². The van der Waals surface area contributed by atoms with Crippen molar-refractivity contribution in [2.45, 2.75) is 26.4 Å². The fraction of sp³-hybridized carbons (Fsp3) is 0.250. The molecular weight excluding hydrogens is 288 g/mol. The van der Waals surface area contributed by atoms with E-state index >= 15 is 0 Å². The molecule has 120 valence electrons. The van der Waals surface area contributed by atoms with Crippen molar-refractivity contribution in [3.63, 3.8) is 0 Å². The van der Waals surface area contributed by atoms with Crippen molar-refractivity contribution in [2.75, 3.05) is 7.11 Å². The van der Waals surface area contributed by atoms with Crippen molar-refractivity contribution in [1.82, 2.24) is 0 Å². The zero-order chi connectivity index (χ0) is 17.0. The first-order valence-corrected chi connectivity index (χ1v) is 7.61. The lowest BCUT2D eigenvalue weighted by atomic mass is 9.80. The molecule has 1 aliphatic rings. The van der Waals surface area contributed by atoms with Gasteiger partial charge in [0.2, 0.25) is 0 Å². The SMILES string of the molecule is C=CC1=C(C(/C=C\C)=C/C)C(O)c2ccc(C(=O)OC)cc2C1. The number of carbonyl (C=O) groups excluding carboxylic acids is 1. The van der Waals surface area contributed by atoms with Crippen LogP contribution in [-0.4, -0.2) is 18.2 Å². The molecule has 3 nitrogen and oxygen atoms in total. The maximum atomic E-state index is 11.7. The summed E-state index contributed by atoms with van der Waals surface area (Å²) in [7, 11) is 1.36. The summed E-state index contributed by atoms with van der Waals surface area (Å²) in [5.41, 5.74) is 5.07. The third-order valence-electron chi connectivity index (χ3n) is 4.07. The van der Waals surface area contributed by atoms with E-state index in [4.69, 9.17) is 4.74 Å². The van der Waals surface area contributed by atoms with Crippen molar-refractivity contribution in [3.05, 3.63) is 82.5 Å². The van der Waals surface area contributed by atoms with Crippen LogP contribution < -0.4 is 0 Å². The first kappa shape index (κ1) is 17.0. The zero-order valence-corrected chi connectivity index (χ0v) is 13.8. The number of esters is 1. The first-order valence-electron chi connectivity index (χ1n) is 7.61. The highest BCUT2D eigenvalue weighted by Crippen LogP contribution is 2.39. The Hall–Kier alpha value is -2.39. The quantitative estimate of drug-likeness (QED) is 0.673. The van der Waals surface area contributed by atoms with E-state index in [0.29, 0.717) is 12.0 Å². The van der Waals surface area contributed by atoms with Crippen LogP contribution in [0.2, 0.25) is 0 Å². The molecule has 0 saturated heterocycles. The van der Waals surface area contributed by atoms with Crippen LogP contribution in [0.4, 0.5) is 0 Å². The summed E-state index contributed by atoms with van der Waals surface area (Å²) in [4.78, 5) is 11.7. The first-order chi connectivity index (χ1) is 11.1. The van der Waals surface area contributed by atoms with Gasteiger partial charge in [0, 0.05) is 0 Å². The normalized spacial score (nSPS) is 18.1. The monoisotopic (exact) mass is 310 g/mol. The number of ether oxygens (including phenoxy) is 1. The lowest BCUT2D eigenvalue weighted by Gasteiger charge is -2.28. The van der Waals surface area contributed by atoms with Crippen LogP contribution in [-0.2, 0) is 11.2 Å². The third kappa shape index (κ3) is 3.20. The molecule has 1 atom stereocenters. The number of rotatable bonds is 4. The van der Waals surface area contributed by atoms with Gasteiger partial charge in [-0.2, -0.15) is 0 Å². The van der Waals surface area contributed by atoms with Gasteiger partial charge in [-0.15, -0.1) is 0 Å². The fourth-order valence-electron chi connectivity index (χ4n) is 2.95. The van der Waals surface area contributed by atoms with Gasteiger partial charge in [-0.25, -0.2) is 4.79 Å². The lowest BCUT2D eigenvalue weighted by Crippen LogP contribution is -2.16. The maximum Gasteiger partial charge on any atom is 0.337 e. The molecular formula is C20H22O3. The summed E-state index contributed by atoms with van der Waals surface area (Å²) >= 11 is 0. The summed E-state index contributed by atoms with van der Waals surface area (Å²) in [6, 6.07) is 5.28. The van der Waals surface area contributed by atoms with Gasteiger partial charge in [-0.1, -0.05) is 36.9 Å². The summed E-state index contributed by atoms with van der Waals surface area (Å²) in [6.07, 6.45) is 7.59. The molecule has 0 saturated carbocycles. The number of aliphatic hydroxyl groups is 1. The lowest BCUT2D eigenvalue weighted by molar-refractivity contribution is 0.0600. The van der Waals surface area contributed by atoms with Gasteiger partial charge in [0.25, 0.3) is 0 Å². The Bertz CT molecular complexity index is 720. The average Bonchev–Trinajstić information content (AvgIpc) is 2.58. The minimum absolute atomic E-state index is 0.375. The fourth-order valence-corrected chi connectivity index (χ4v) is 2.95. The molecule has 1 N–H and O–H groups in total. The number of hydrogen-bond acceptors (Lipinski definition) is 3. The van der Waals surface area contributed by atoms with Gasteiger partial charge in [-0.05, 0) is 60.2 Å². The highest BCUT2D eigenvalue weighted by Gasteiger charge is 2.27. The van der Waals surface area contributed by atoms with Gasteiger partial charge < -0.3 is 9.84 Å². The summed E-state index contributed by atoms with van der Waals surface area (Å²) in [5.74, 6) is -0.375. The predicted molar refractivity (Wildman–Crippen MR) is 92.2 cm³/mol. The minimum Gasteiger partial charge on any atom is -0.465 e. The number of benzene rings is 1. The topological polar surface area (TPSA) is 46.5 Å². The Labute approximate surface area is 137 Å². The molecule has 0 aromatic heterocycles. The Morgan fingerprint density at radius 1 is 1.39 bits per heavy atom. The molecule has 0 aliphatic heterocycles. The van der Waals surface area contributed by atoms with E-state index in [0.717, 1.165) is 27.8 Å². The second-order valence-electron chi connectivity index (χ2n) is 5.37.